The van der Waals surface area contributed by atoms with Gasteiger partial charge in [-0.3, -0.25) is 5.10 Å². The second-order valence-electron chi connectivity index (χ2n) is 3.99. The molecule has 8 heteroatoms. The molecule has 2 heterocycles. The van der Waals surface area contributed by atoms with Gasteiger partial charge in [0.05, 0.1) is 18.4 Å². The molecule has 0 saturated heterocycles. The molecule has 6 nitrogen and oxygen atoms in total. The number of H-pyrrole nitrogens is 1. The van der Waals surface area contributed by atoms with E-state index in [4.69, 9.17) is 5.73 Å². The molecule has 2 aromatic heterocycles. The Hall–Kier alpha value is -1.66. The van der Waals surface area contributed by atoms with Gasteiger partial charge in [-0.05, 0) is 13.0 Å². The van der Waals surface area contributed by atoms with E-state index in [9.17, 15) is 8.42 Å². The SMILES string of the molecule is Cc1[nH]ncc1S(=O)(=O)NCc1cc(C#CCN)cs1. The van der Waals surface area contributed by atoms with Gasteiger partial charge in [-0.15, -0.1) is 11.3 Å². The molecule has 0 aromatic carbocycles. The van der Waals surface area contributed by atoms with Crippen LogP contribution in [0.4, 0.5) is 0 Å². The van der Waals surface area contributed by atoms with Crippen LogP contribution >= 0.6 is 11.3 Å². The molecular formula is C12H14N4O2S2. The van der Waals surface area contributed by atoms with Gasteiger partial charge in [-0.2, -0.15) is 5.10 Å². The van der Waals surface area contributed by atoms with E-state index in [0.29, 0.717) is 12.2 Å². The Labute approximate surface area is 121 Å². The van der Waals surface area contributed by atoms with E-state index >= 15 is 0 Å². The van der Waals surface area contributed by atoms with Crippen LogP contribution in [0.5, 0.6) is 0 Å². The molecule has 2 aromatic rings. The van der Waals surface area contributed by atoms with Crippen molar-refractivity contribution in [2.45, 2.75) is 18.4 Å². The normalized spacial score (nSPS) is 11.1. The Morgan fingerprint density at radius 2 is 2.35 bits per heavy atom. The van der Waals surface area contributed by atoms with Gasteiger partial charge in [0.2, 0.25) is 10.0 Å². The summed E-state index contributed by atoms with van der Waals surface area (Å²) in [6, 6.07) is 1.85. The van der Waals surface area contributed by atoms with Crippen molar-refractivity contribution < 1.29 is 8.42 Å². The molecule has 0 aliphatic carbocycles. The summed E-state index contributed by atoms with van der Waals surface area (Å²) < 4.78 is 26.6. The summed E-state index contributed by atoms with van der Waals surface area (Å²) in [6.45, 7) is 2.19. The van der Waals surface area contributed by atoms with Crippen LogP contribution in [0.25, 0.3) is 0 Å². The van der Waals surface area contributed by atoms with Crippen molar-refractivity contribution in [3.63, 3.8) is 0 Å². The van der Waals surface area contributed by atoms with Gasteiger partial charge in [0, 0.05) is 22.4 Å². The third kappa shape index (κ3) is 3.46. The zero-order chi connectivity index (χ0) is 14.6. The number of aromatic amines is 1. The highest BCUT2D eigenvalue weighted by molar-refractivity contribution is 7.89. The van der Waals surface area contributed by atoms with Crippen LogP contribution < -0.4 is 10.5 Å². The van der Waals surface area contributed by atoms with Crippen LogP contribution in [0.3, 0.4) is 0 Å². The maximum Gasteiger partial charge on any atom is 0.244 e. The molecule has 0 aliphatic heterocycles. The number of thiophene rings is 1. The molecule has 2 rings (SSSR count). The lowest BCUT2D eigenvalue weighted by atomic mass is 10.3. The van der Waals surface area contributed by atoms with Crippen LogP contribution in [0.15, 0.2) is 22.5 Å². The van der Waals surface area contributed by atoms with Gasteiger partial charge in [0.1, 0.15) is 4.90 Å². The van der Waals surface area contributed by atoms with Crippen molar-refractivity contribution in [2.75, 3.05) is 6.54 Å². The number of nitrogens with one attached hydrogen (secondary N) is 2. The van der Waals surface area contributed by atoms with Crippen molar-refractivity contribution >= 4 is 21.4 Å². The average molecular weight is 310 g/mol. The molecule has 106 valence electrons. The van der Waals surface area contributed by atoms with Crippen LogP contribution in [-0.2, 0) is 16.6 Å². The van der Waals surface area contributed by atoms with Crippen LogP contribution in [0, 0.1) is 18.8 Å². The molecule has 0 fully saturated rings. The van der Waals surface area contributed by atoms with E-state index in [2.05, 4.69) is 26.8 Å². The van der Waals surface area contributed by atoms with Gasteiger partial charge in [-0.1, -0.05) is 11.8 Å². The van der Waals surface area contributed by atoms with Crippen LogP contribution in [0.1, 0.15) is 16.1 Å². The third-order valence-electron chi connectivity index (χ3n) is 2.50. The molecule has 0 amide bonds. The summed E-state index contributed by atoms with van der Waals surface area (Å²) >= 11 is 1.45. The molecule has 0 bridgehead atoms. The number of aromatic nitrogens is 2. The third-order valence-corrected chi connectivity index (χ3v) is 4.95. The first-order chi connectivity index (χ1) is 9.53. The summed E-state index contributed by atoms with van der Waals surface area (Å²) in [5.74, 6) is 5.66. The summed E-state index contributed by atoms with van der Waals surface area (Å²) in [5.41, 5.74) is 6.65. The Morgan fingerprint density at radius 3 is 3.00 bits per heavy atom. The quantitative estimate of drug-likeness (QED) is 0.719. The van der Waals surface area contributed by atoms with E-state index in [0.717, 1.165) is 10.4 Å². The Bertz CT molecular complexity index is 750. The lowest BCUT2D eigenvalue weighted by molar-refractivity contribution is 0.581. The summed E-state index contributed by atoms with van der Waals surface area (Å²) in [5, 5.41) is 8.18. The minimum atomic E-state index is -3.55. The maximum absolute atomic E-state index is 12.1. The van der Waals surface area contributed by atoms with Crippen LogP contribution in [-0.4, -0.2) is 25.2 Å². The minimum absolute atomic E-state index is 0.164. The van der Waals surface area contributed by atoms with E-state index in [1.54, 1.807) is 6.92 Å². The summed E-state index contributed by atoms with van der Waals surface area (Å²) in [6.07, 6.45) is 1.30. The molecular weight excluding hydrogens is 296 g/mol. The highest BCUT2D eigenvalue weighted by Gasteiger charge is 2.18. The molecule has 4 N–H and O–H groups in total. The van der Waals surface area contributed by atoms with Gasteiger partial charge in [-0.25, -0.2) is 13.1 Å². The first kappa shape index (κ1) is 14.7. The number of rotatable bonds is 4. The van der Waals surface area contributed by atoms with Crippen molar-refractivity contribution in [3.05, 3.63) is 33.8 Å². The first-order valence-electron chi connectivity index (χ1n) is 5.79. The predicted octanol–water partition coefficient (Wildman–Crippen LogP) is 0.568. The lowest BCUT2D eigenvalue weighted by Gasteiger charge is -2.03. The number of nitrogens with zero attached hydrogens (tertiary/aromatic N) is 1. The highest BCUT2D eigenvalue weighted by atomic mass is 32.2. The Kier molecular flexibility index (Phi) is 4.57. The monoisotopic (exact) mass is 310 g/mol. The Balaban J connectivity index is 2.05. The minimum Gasteiger partial charge on any atom is -0.320 e. The molecule has 0 aliphatic rings. The molecule has 0 unspecified atom stereocenters. The van der Waals surface area contributed by atoms with Crippen LogP contribution in [0.2, 0.25) is 0 Å². The van der Waals surface area contributed by atoms with E-state index in [1.807, 2.05) is 11.4 Å². The predicted molar refractivity (Wildman–Crippen MR) is 77.6 cm³/mol. The van der Waals surface area contributed by atoms with Gasteiger partial charge < -0.3 is 5.73 Å². The smallest absolute Gasteiger partial charge is 0.244 e. The van der Waals surface area contributed by atoms with E-state index in [-0.39, 0.29) is 11.4 Å². The summed E-state index contributed by atoms with van der Waals surface area (Å²) in [7, 11) is -3.55. The first-order valence-corrected chi connectivity index (χ1v) is 8.15. The van der Waals surface area contributed by atoms with E-state index in [1.165, 1.54) is 17.5 Å². The van der Waals surface area contributed by atoms with E-state index < -0.39 is 10.0 Å². The van der Waals surface area contributed by atoms with Crippen molar-refractivity contribution in [1.82, 2.24) is 14.9 Å². The largest absolute Gasteiger partial charge is 0.320 e. The maximum atomic E-state index is 12.1. The Morgan fingerprint density at radius 1 is 1.55 bits per heavy atom. The fourth-order valence-corrected chi connectivity index (χ4v) is 3.53. The van der Waals surface area contributed by atoms with Gasteiger partial charge in [0.15, 0.2) is 0 Å². The van der Waals surface area contributed by atoms with Gasteiger partial charge >= 0.3 is 0 Å². The number of nitrogens with two attached hydrogens (primary N) is 1. The number of sulfonamides is 1. The number of aryl methyl sites for hydroxylation is 1. The zero-order valence-corrected chi connectivity index (χ0v) is 12.4. The molecule has 0 atom stereocenters. The van der Waals surface area contributed by atoms with Crippen molar-refractivity contribution in [2.24, 2.45) is 5.73 Å². The molecule has 0 spiro atoms. The molecule has 0 saturated carbocycles. The average Bonchev–Trinajstić information content (AvgIpc) is 3.03. The second-order valence-corrected chi connectivity index (χ2v) is 6.72. The summed E-state index contributed by atoms with van der Waals surface area (Å²) in [4.78, 5) is 1.05. The fraction of sp³-hybridized carbons (Fsp3) is 0.250. The van der Waals surface area contributed by atoms with Crippen molar-refractivity contribution in [3.8, 4) is 11.8 Å². The highest BCUT2D eigenvalue weighted by Crippen LogP contribution is 2.16. The standard InChI is InChI=1S/C12H14N4O2S2/c1-9-12(7-14-16-9)20(17,18)15-6-11-5-10(8-19-11)3-2-4-13/h5,7-8,15H,4,6,13H2,1H3,(H,14,16). The second kappa shape index (κ2) is 6.19. The number of hydrogen-bond donors (Lipinski definition) is 3. The fourth-order valence-electron chi connectivity index (χ4n) is 1.55. The topological polar surface area (TPSA) is 101 Å². The zero-order valence-electron chi connectivity index (χ0n) is 10.8. The molecule has 0 radical (unpaired) electrons. The van der Waals surface area contributed by atoms with Gasteiger partial charge in [0.25, 0.3) is 0 Å². The lowest BCUT2D eigenvalue weighted by Crippen LogP contribution is -2.23. The number of hydrogen-bond acceptors (Lipinski definition) is 5. The molecule has 20 heavy (non-hydrogen) atoms. The van der Waals surface area contributed by atoms with Crippen molar-refractivity contribution in [1.29, 1.82) is 0 Å².